The van der Waals surface area contributed by atoms with E-state index in [0.29, 0.717) is 11.6 Å². The number of aryl methyl sites for hydroxylation is 2. The first kappa shape index (κ1) is 18.8. The van der Waals surface area contributed by atoms with Crippen LogP contribution in [-0.4, -0.2) is 15.1 Å². The van der Waals surface area contributed by atoms with Gasteiger partial charge < -0.3 is 4.74 Å². The molecule has 0 aliphatic carbocycles. The van der Waals surface area contributed by atoms with Crippen molar-refractivity contribution in [3.05, 3.63) is 68.9 Å². The Hall–Kier alpha value is -2.57. The number of halogens is 1. The number of aromatic nitrogens is 2. The lowest BCUT2D eigenvalue weighted by Gasteiger charge is -2.05. The van der Waals surface area contributed by atoms with Crippen LogP contribution in [0.3, 0.4) is 0 Å². The molecule has 28 heavy (non-hydrogen) atoms. The van der Waals surface area contributed by atoms with Crippen LogP contribution in [0.2, 0.25) is 5.02 Å². The zero-order chi connectivity index (χ0) is 19.7. The van der Waals surface area contributed by atoms with Crippen LogP contribution in [0.4, 0.5) is 0 Å². The van der Waals surface area contributed by atoms with Gasteiger partial charge >= 0.3 is 11.7 Å². The monoisotopic (exact) mass is 414 g/mol. The van der Waals surface area contributed by atoms with Crippen molar-refractivity contribution >= 4 is 50.0 Å². The highest BCUT2D eigenvalue weighted by Gasteiger charge is 2.15. The Bertz CT molecular complexity index is 1220. The quantitative estimate of drug-likeness (QED) is 0.425. The topological polar surface area (TPSA) is 53.2 Å². The van der Waals surface area contributed by atoms with Gasteiger partial charge in [0.05, 0.1) is 27.4 Å². The first-order valence-electron chi connectivity index (χ1n) is 9.09. The number of carbonyl (C=O) groups excluding carboxylic acids is 1. The maximum atomic E-state index is 12.6. The third kappa shape index (κ3) is 3.34. The fraction of sp³-hybridized carbons (Fsp3) is 0.238. The van der Waals surface area contributed by atoms with Crippen LogP contribution in [0.15, 0.2) is 53.3 Å². The normalized spacial score (nSPS) is 11.4. The number of hydrogen-bond donors (Lipinski definition) is 0. The van der Waals surface area contributed by atoms with Gasteiger partial charge in [-0.05, 0) is 25.1 Å². The zero-order valence-electron chi connectivity index (χ0n) is 15.4. The van der Waals surface area contributed by atoms with E-state index >= 15 is 0 Å². The summed E-state index contributed by atoms with van der Waals surface area (Å²) in [5.74, 6) is -0.353. The molecule has 4 rings (SSSR count). The van der Waals surface area contributed by atoms with Crippen LogP contribution < -0.4 is 5.69 Å². The summed E-state index contributed by atoms with van der Waals surface area (Å²) in [4.78, 5) is 25.7. The Labute approximate surface area is 170 Å². The maximum Gasteiger partial charge on any atom is 0.329 e. The Kier molecular flexibility index (Phi) is 5.24. The van der Waals surface area contributed by atoms with Gasteiger partial charge in [-0.2, -0.15) is 0 Å². The number of carbonyl (C=O) groups is 1. The number of esters is 1. The van der Waals surface area contributed by atoms with E-state index in [1.807, 2.05) is 55.5 Å². The number of benzene rings is 2. The lowest BCUT2D eigenvalue weighted by atomic mass is 10.2. The van der Waals surface area contributed by atoms with E-state index in [2.05, 4.69) is 0 Å². The second kappa shape index (κ2) is 7.81. The predicted molar refractivity (Wildman–Crippen MR) is 113 cm³/mol. The zero-order valence-corrected chi connectivity index (χ0v) is 16.9. The summed E-state index contributed by atoms with van der Waals surface area (Å²) >= 11 is 7.91. The second-order valence-electron chi connectivity index (χ2n) is 6.41. The minimum atomic E-state index is -0.353. The number of ether oxygens (including phenoxy) is 1. The van der Waals surface area contributed by atoms with Crippen molar-refractivity contribution in [2.45, 2.75) is 33.0 Å². The molecular formula is C21H19ClN2O3S. The molecule has 7 heteroatoms. The Balaban J connectivity index is 1.45. The summed E-state index contributed by atoms with van der Waals surface area (Å²) in [6.07, 6.45) is 0.125. The SMILES string of the molecule is CCn1c(=O)n(CCC(=O)OCc2sc3ccccc3c2Cl)c2ccccc21. The fourth-order valence-electron chi connectivity index (χ4n) is 3.37. The molecule has 0 spiro atoms. The van der Waals surface area contributed by atoms with Gasteiger partial charge in [0.1, 0.15) is 6.61 Å². The molecule has 2 heterocycles. The number of hydrogen-bond acceptors (Lipinski definition) is 4. The van der Waals surface area contributed by atoms with Crippen molar-refractivity contribution < 1.29 is 9.53 Å². The van der Waals surface area contributed by atoms with Gasteiger partial charge in [0.25, 0.3) is 0 Å². The van der Waals surface area contributed by atoms with E-state index in [1.165, 1.54) is 11.3 Å². The molecule has 0 amide bonds. The first-order chi connectivity index (χ1) is 13.6. The summed E-state index contributed by atoms with van der Waals surface area (Å²) in [7, 11) is 0. The van der Waals surface area contributed by atoms with Crippen molar-refractivity contribution in [1.82, 2.24) is 9.13 Å². The second-order valence-corrected chi connectivity index (χ2v) is 7.93. The van der Waals surface area contributed by atoms with E-state index in [1.54, 1.807) is 9.13 Å². The molecule has 2 aromatic heterocycles. The third-order valence-electron chi connectivity index (χ3n) is 4.75. The van der Waals surface area contributed by atoms with E-state index in [9.17, 15) is 9.59 Å². The molecule has 0 atom stereocenters. The average molecular weight is 415 g/mol. The molecule has 0 fully saturated rings. The Morgan fingerprint density at radius 1 is 1.07 bits per heavy atom. The molecule has 0 bridgehead atoms. The summed E-state index contributed by atoms with van der Waals surface area (Å²) in [5.41, 5.74) is 1.60. The standard InChI is InChI=1S/C21H19ClN2O3S/c1-2-23-15-8-4-5-9-16(15)24(21(23)26)12-11-19(25)27-13-18-20(22)14-7-3-6-10-17(14)28-18/h3-10H,2,11-13H2,1H3. The molecular weight excluding hydrogens is 396 g/mol. The summed E-state index contributed by atoms with van der Waals surface area (Å²) in [5, 5.41) is 1.61. The van der Waals surface area contributed by atoms with Crippen molar-refractivity contribution in [2.75, 3.05) is 0 Å². The van der Waals surface area contributed by atoms with Gasteiger partial charge in [-0.15, -0.1) is 11.3 Å². The number of nitrogens with zero attached hydrogens (tertiary/aromatic N) is 2. The van der Waals surface area contributed by atoms with Crippen molar-refractivity contribution in [2.24, 2.45) is 0 Å². The van der Waals surface area contributed by atoms with Crippen LogP contribution >= 0.6 is 22.9 Å². The highest BCUT2D eigenvalue weighted by molar-refractivity contribution is 7.19. The van der Waals surface area contributed by atoms with Gasteiger partial charge in [0.15, 0.2) is 0 Å². The molecule has 0 radical (unpaired) electrons. The number of para-hydroxylation sites is 2. The molecule has 2 aromatic carbocycles. The fourth-order valence-corrected chi connectivity index (χ4v) is 4.77. The number of fused-ring (bicyclic) bond motifs is 2. The molecule has 0 aliphatic heterocycles. The van der Waals surface area contributed by atoms with E-state index in [4.69, 9.17) is 16.3 Å². The highest BCUT2D eigenvalue weighted by atomic mass is 35.5. The van der Waals surface area contributed by atoms with Gasteiger partial charge in [0, 0.05) is 23.2 Å². The predicted octanol–water partition coefficient (Wildman–Crippen LogP) is 4.82. The van der Waals surface area contributed by atoms with Crippen molar-refractivity contribution in [3.63, 3.8) is 0 Å². The maximum absolute atomic E-state index is 12.6. The summed E-state index contributed by atoms with van der Waals surface area (Å²) in [6, 6.07) is 15.4. The lowest BCUT2D eigenvalue weighted by Crippen LogP contribution is -2.25. The third-order valence-corrected chi connectivity index (χ3v) is 6.43. The van der Waals surface area contributed by atoms with E-state index in [-0.39, 0.29) is 31.2 Å². The molecule has 0 N–H and O–H groups in total. The number of imidazole rings is 1. The van der Waals surface area contributed by atoms with E-state index < -0.39 is 0 Å². The molecule has 5 nitrogen and oxygen atoms in total. The van der Waals surface area contributed by atoms with Crippen LogP contribution in [0.5, 0.6) is 0 Å². The minimum Gasteiger partial charge on any atom is -0.460 e. The average Bonchev–Trinajstić information content (AvgIpc) is 3.18. The van der Waals surface area contributed by atoms with E-state index in [0.717, 1.165) is 26.0 Å². The van der Waals surface area contributed by atoms with Crippen molar-refractivity contribution in [1.29, 1.82) is 0 Å². The largest absolute Gasteiger partial charge is 0.460 e. The molecule has 0 saturated heterocycles. The highest BCUT2D eigenvalue weighted by Crippen LogP contribution is 2.35. The van der Waals surface area contributed by atoms with Gasteiger partial charge in [-0.3, -0.25) is 13.9 Å². The van der Waals surface area contributed by atoms with Crippen molar-refractivity contribution in [3.8, 4) is 0 Å². The smallest absolute Gasteiger partial charge is 0.329 e. The van der Waals surface area contributed by atoms with Gasteiger partial charge in [0.2, 0.25) is 0 Å². The van der Waals surface area contributed by atoms with Crippen LogP contribution in [0.1, 0.15) is 18.2 Å². The number of thiophene rings is 1. The van der Waals surface area contributed by atoms with Gasteiger partial charge in [-0.25, -0.2) is 4.79 Å². The summed E-state index contributed by atoms with van der Waals surface area (Å²) < 4.78 is 9.81. The number of rotatable bonds is 6. The van der Waals surface area contributed by atoms with Crippen LogP contribution in [-0.2, 0) is 29.2 Å². The van der Waals surface area contributed by atoms with Crippen LogP contribution in [0, 0.1) is 0 Å². The Morgan fingerprint density at radius 3 is 2.46 bits per heavy atom. The molecule has 0 unspecified atom stereocenters. The first-order valence-corrected chi connectivity index (χ1v) is 10.3. The Morgan fingerprint density at radius 2 is 1.75 bits per heavy atom. The molecule has 0 aliphatic rings. The van der Waals surface area contributed by atoms with Gasteiger partial charge in [-0.1, -0.05) is 41.9 Å². The molecule has 0 saturated carbocycles. The summed E-state index contributed by atoms with van der Waals surface area (Å²) in [6.45, 7) is 2.94. The molecule has 144 valence electrons. The lowest BCUT2D eigenvalue weighted by molar-refractivity contribution is -0.145. The molecule has 4 aromatic rings. The van der Waals surface area contributed by atoms with Crippen LogP contribution in [0.25, 0.3) is 21.1 Å². The minimum absolute atomic E-state index is 0.107.